The number of hydrogen-bond acceptors (Lipinski definition) is 5. The highest BCUT2D eigenvalue weighted by Gasteiger charge is 2.24. The van der Waals surface area contributed by atoms with Gasteiger partial charge in [-0.1, -0.05) is 15.9 Å². The van der Waals surface area contributed by atoms with Crippen molar-refractivity contribution in [2.75, 3.05) is 38.2 Å². The molecular formula is C20H19BrN4O2. The molecule has 2 aromatic carbocycles. The molecule has 1 amide bonds. The van der Waals surface area contributed by atoms with Crippen LogP contribution in [0.1, 0.15) is 10.4 Å². The van der Waals surface area contributed by atoms with Crippen molar-refractivity contribution >= 4 is 38.6 Å². The lowest BCUT2D eigenvalue weighted by atomic mass is 10.1. The van der Waals surface area contributed by atoms with Gasteiger partial charge in [-0.05, 0) is 42.5 Å². The van der Waals surface area contributed by atoms with Crippen molar-refractivity contribution in [1.82, 2.24) is 14.9 Å². The fraction of sp³-hybridized carbons (Fsp3) is 0.250. The van der Waals surface area contributed by atoms with Gasteiger partial charge in [0, 0.05) is 41.6 Å². The van der Waals surface area contributed by atoms with Gasteiger partial charge in [0.15, 0.2) is 0 Å². The van der Waals surface area contributed by atoms with Gasteiger partial charge in [0.25, 0.3) is 5.91 Å². The number of piperazine rings is 1. The van der Waals surface area contributed by atoms with Gasteiger partial charge in [-0.25, -0.2) is 9.97 Å². The number of ether oxygens (including phenoxy) is 1. The second-order valence-electron chi connectivity index (χ2n) is 6.37. The molecular weight excluding hydrogens is 408 g/mol. The Morgan fingerprint density at radius 3 is 2.48 bits per heavy atom. The predicted octanol–water partition coefficient (Wildman–Crippen LogP) is 3.36. The number of amides is 1. The average Bonchev–Trinajstić information content (AvgIpc) is 2.73. The Hall–Kier alpha value is -2.67. The molecule has 0 radical (unpaired) electrons. The summed E-state index contributed by atoms with van der Waals surface area (Å²) in [4.78, 5) is 25.7. The van der Waals surface area contributed by atoms with Crippen LogP contribution in [0.2, 0.25) is 0 Å². The molecule has 6 nitrogen and oxygen atoms in total. The average molecular weight is 427 g/mol. The topological polar surface area (TPSA) is 58.6 Å². The Morgan fingerprint density at radius 1 is 1.04 bits per heavy atom. The van der Waals surface area contributed by atoms with Crippen LogP contribution in [0.25, 0.3) is 10.9 Å². The molecule has 0 unspecified atom stereocenters. The van der Waals surface area contributed by atoms with Gasteiger partial charge in [-0.15, -0.1) is 0 Å². The molecule has 3 aromatic rings. The van der Waals surface area contributed by atoms with Gasteiger partial charge >= 0.3 is 0 Å². The van der Waals surface area contributed by atoms with E-state index in [2.05, 4.69) is 30.8 Å². The number of fused-ring (bicyclic) bond motifs is 1. The predicted molar refractivity (Wildman–Crippen MR) is 108 cm³/mol. The molecule has 1 fully saturated rings. The van der Waals surface area contributed by atoms with Crippen molar-refractivity contribution in [2.45, 2.75) is 0 Å². The summed E-state index contributed by atoms with van der Waals surface area (Å²) in [7, 11) is 1.62. The number of aromatic nitrogens is 2. The van der Waals surface area contributed by atoms with Crippen LogP contribution < -0.4 is 9.64 Å². The van der Waals surface area contributed by atoms with Crippen molar-refractivity contribution in [3.05, 3.63) is 58.8 Å². The third-order valence-electron chi connectivity index (χ3n) is 4.78. The van der Waals surface area contributed by atoms with E-state index < -0.39 is 0 Å². The maximum atomic E-state index is 12.7. The summed E-state index contributed by atoms with van der Waals surface area (Å²) >= 11 is 3.52. The molecule has 0 aliphatic carbocycles. The van der Waals surface area contributed by atoms with Gasteiger partial charge in [-0.3, -0.25) is 4.79 Å². The first-order chi connectivity index (χ1) is 13.2. The largest absolute Gasteiger partial charge is 0.497 e. The summed E-state index contributed by atoms with van der Waals surface area (Å²) in [6.07, 6.45) is 1.60. The second kappa shape index (κ2) is 7.52. The van der Waals surface area contributed by atoms with Crippen LogP contribution in [0.3, 0.4) is 0 Å². The number of rotatable bonds is 3. The SMILES string of the molecule is COc1ccc(C(=O)N2CCN(c3ncnc4ccc(Br)cc34)CC2)cc1. The molecule has 1 aliphatic rings. The van der Waals surface area contributed by atoms with E-state index >= 15 is 0 Å². The summed E-state index contributed by atoms with van der Waals surface area (Å²) in [5, 5.41) is 1.02. The first-order valence-corrected chi connectivity index (χ1v) is 9.53. The number of carbonyl (C=O) groups is 1. The fourth-order valence-electron chi connectivity index (χ4n) is 3.30. The molecule has 0 N–H and O–H groups in total. The van der Waals surface area contributed by atoms with Crippen LogP contribution in [0.15, 0.2) is 53.3 Å². The van der Waals surface area contributed by atoms with E-state index in [1.54, 1.807) is 13.4 Å². The number of anilines is 1. The van der Waals surface area contributed by atoms with E-state index in [0.29, 0.717) is 18.7 Å². The quantitative estimate of drug-likeness (QED) is 0.642. The third kappa shape index (κ3) is 3.60. The molecule has 27 heavy (non-hydrogen) atoms. The standard InChI is InChI=1S/C20H19BrN4O2/c1-27-16-5-2-14(3-6-16)20(26)25-10-8-24(9-11-25)19-17-12-15(21)4-7-18(17)22-13-23-19/h2-7,12-13H,8-11H2,1H3. The molecule has 2 heterocycles. The van der Waals surface area contributed by atoms with Crippen LogP contribution in [0, 0.1) is 0 Å². The van der Waals surface area contributed by atoms with E-state index in [4.69, 9.17) is 4.74 Å². The number of nitrogens with zero attached hydrogens (tertiary/aromatic N) is 4. The highest BCUT2D eigenvalue weighted by molar-refractivity contribution is 9.10. The normalized spacial score (nSPS) is 14.4. The maximum Gasteiger partial charge on any atom is 0.253 e. The Morgan fingerprint density at radius 2 is 1.78 bits per heavy atom. The van der Waals surface area contributed by atoms with Crippen LogP contribution in [-0.4, -0.2) is 54.1 Å². The molecule has 0 atom stereocenters. The Labute approximate surface area is 165 Å². The molecule has 1 saturated heterocycles. The van der Waals surface area contributed by atoms with Gasteiger partial charge in [0.1, 0.15) is 17.9 Å². The number of carbonyl (C=O) groups excluding carboxylic acids is 1. The minimum atomic E-state index is 0.0487. The van der Waals surface area contributed by atoms with Crippen molar-refractivity contribution < 1.29 is 9.53 Å². The fourth-order valence-corrected chi connectivity index (χ4v) is 3.67. The van der Waals surface area contributed by atoms with Crippen molar-refractivity contribution in [3.8, 4) is 5.75 Å². The highest BCUT2D eigenvalue weighted by atomic mass is 79.9. The molecule has 0 spiro atoms. The number of halogens is 1. The zero-order valence-corrected chi connectivity index (χ0v) is 16.5. The summed E-state index contributed by atoms with van der Waals surface area (Å²) < 4.78 is 6.15. The smallest absolute Gasteiger partial charge is 0.253 e. The summed E-state index contributed by atoms with van der Waals surface area (Å²) in [5.41, 5.74) is 1.60. The molecule has 4 rings (SSSR count). The first kappa shape index (κ1) is 17.7. The number of benzene rings is 2. The zero-order valence-electron chi connectivity index (χ0n) is 14.9. The molecule has 1 aromatic heterocycles. The van der Waals surface area contributed by atoms with E-state index in [-0.39, 0.29) is 5.91 Å². The van der Waals surface area contributed by atoms with Gasteiger partial charge in [-0.2, -0.15) is 0 Å². The Kier molecular flexibility index (Phi) is 4.94. The van der Waals surface area contributed by atoms with E-state index in [1.165, 1.54) is 0 Å². The summed E-state index contributed by atoms with van der Waals surface area (Å²) in [6, 6.07) is 13.2. The Bertz CT molecular complexity index is 969. The lowest BCUT2D eigenvalue weighted by Crippen LogP contribution is -2.49. The summed E-state index contributed by atoms with van der Waals surface area (Å²) in [5.74, 6) is 1.71. The zero-order chi connectivity index (χ0) is 18.8. The molecule has 138 valence electrons. The van der Waals surface area contributed by atoms with Crippen molar-refractivity contribution in [1.29, 1.82) is 0 Å². The van der Waals surface area contributed by atoms with E-state index in [9.17, 15) is 4.79 Å². The van der Waals surface area contributed by atoms with Crippen LogP contribution in [0.5, 0.6) is 5.75 Å². The second-order valence-corrected chi connectivity index (χ2v) is 7.28. The Balaban J connectivity index is 1.49. The third-order valence-corrected chi connectivity index (χ3v) is 5.27. The summed E-state index contributed by atoms with van der Waals surface area (Å²) in [6.45, 7) is 2.79. The minimum Gasteiger partial charge on any atom is -0.497 e. The molecule has 7 heteroatoms. The number of methoxy groups -OCH3 is 1. The van der Waals surface area contributed by atoms with Crippen LogP contribution in [-0.2, 0) is 0 Å². The van der Waals surface area contributed by atoms with Crippen LogP contribution >= 0.6 is 15.9 Å². The van der Waals surface area contributed by atoms with Gasteiger partial charge in [0.2, 0.25) is 0 Å². The number of hydrogen-bond donors (Lipinski definition) is 0. The molecule has 0 bridgehead atoms. The lowest BCUT2D eigenvalue weighted by molar-refractivity contribution is 0.0746. The van der Waals surface area contributed by atoms with E-state index in [0.717, 1.165) is 40.0 Å². The minimum absolute atomic E-state index is 0.0487. The van der Waals surface area contributed by atoms with Crippen LogP contribution in [0.4, 0.5) is 5.82 Å². The first-order valence-electron chi connectivity index (χ1n) is 8.74. The molecule has 1 aliphatic heterocycles. The maximum absolute atomic E-state index is 12.7. The van der Waals surface area contributed by atoms with Gasteiger partial charge < -0.3 is 14.5 Å². The van der Waals surface area contributed by atoms with E-state index in [1.807, 2.05) is 47.4 Å². The lowest BCUT2D eigenvalue weighted by Gasteiger charge is -2.35. The monoisotopic (exact) mass is 426 g/mol. The highest BCUT2D eigenvalue weighted by Crippen LogP contribution is 2.27. The van der Waals surface area contributed by atoms with Crippen molar-refractivity contribution in [3.63, 3.8) is 0 Å². The van der Waals surface area contributed by atoms with Gasteiger partial charge in [0.05, 0.1) is 12.6 Å². The molecule has 0 saturated carbocycles. The van der Waals surface area contributed by atoms with Crippen molar-refractivity contribution in [2.24, 2.45) is 0 Å².